The summed E-state index contributed by atoms with van der Waals surface area (Å²) in [5, 5.41) is 0. The molecule has 0 saturated heterocycles. The highest BCUT2D eigenvalue weighted by Crippen LogP contribution is 2.18. The van der Waals surface area contributed by atoms with Gasteiger partial charge in [-0.2, -0.15) is 0 Å². The van der Waals surface area contributed by atoms with Crippen molar-refractivity contribution in [2.45, 2.75) is 12.8 Å². The highest BCUT2D eigenvalue weighted by atomic mass is 19.1. The fraction of sp³-hybridized carbons (Fsp3) is 0.214. The number of nitrogens with two attached hydrogens (primary N) is 1. The van der Waals surface area contributed by atoms with Crippen LogP contribution in [0.4, 0.5) is 4.39 Å². The van der Waals surface area contributed by atoms with Crippen molar-refractivity contribution in [3.63, 3.8) is 0 Å². The van der Waals surface area contributed by atoms with Gasteiger partial charge in [-0.25, -0.2) is 4.39 Å². The van der Waals surface area contributed by atoms with Gasteiger partial charge in [0.25, 0.3) is 0 Å². The summed E-state index contributed by atoms with van der Waals surface area (Å²) in [5.74, 6) is -0.221. The van der Waals surface area contributed by atoms with Gasteiger partial charge in [-0.3, -0.25) is 4.98 Å². The summed E-state index contributed by atoms with van der Waals surface area (Å²) in [5.41, 5.74) is 8.47. The van der Waals surface area contributed by atoms with E-state index in [1.165, 1.54) is 12.1 Å². The molecule has 0 aliphatic rings. The van der Waals surface area contributed by atoms with Crippen LogP contribution in [0.25, 0.3) is 11.1 Å². The fourth-order valence-electron chi connectivity index (χ4n) is 1.67. The first kappa shape index (κ1) is 11.7. The Kier molecular flexibility index (Phi) is 3.83. The van der Waals surface area contributed by atoms with Gasteiger partial charge in [-0.15, -0.1) is 0 Å². The fourth-order valence-corrected chi connectivity index (χ4v) is 1.67. The van der Waals surface area contributed by atoms with Gasteiger partial charge < -0.3 is 5.73 Å². The van der Waals surface area contributed by atoms with Gasteiger partial charge in [0.2, 0.25) is 0 Å². The zero-order valence-electron chi connectivity index (χ0n) is 9.57. The second-order valence-corrected chi connectivity index (χ2v) is 3.94. The minimum absolute atomic E-state index is 0.221. The number of benzene rings is 1. The predicted octanol–water partition coefficient (Wildman–Crippen LogP) is 2.78. The molecule has 2 nitrogen and oxygen atoms in total. The van der Waals surface area contributed by atoms with Crippen LogP contribution in [0, 0.1) is 5.82 Å². The number of aromatic nitrogens is 1. The molecule has 0 unspecified atom stereocenters. The molecule has 1 aromatic heterocycles. The SMILES string of the molecule is NCCCc1ccc(-c2ccc(F)cc2)cn1. The molecule has 2 rings (SSSR count). The molecular formula is C14H15FN2. The minimum Gasteiger partial charge on any atom is -0.330 e. The Morgan fingerprint density at radius 2 is 1.71 bits per heavy atom. The number of halogens is 1. The average Bonchev–Trinajstić information content (AvgIpc) is 2.38. The lowest BCUT2D eigenvalue weighted by atomic mass is 10.1. The number of hydrogen-bond donors (Lipinski definition) is 1. The standard InChI is InChI=1S/C14H15FN2/c15-13-6-3-11(4-7-13)12-5-8-14(17-10-12)2-1-9-16/h3-8,10H,1-2,9,16H2. The van der Waals surface area contributed by atoms with Crippen molar-refractivity contribution in [2.75, 3.05) is 6.54 Å². The zero-order chi connectivity index (χ0) is 12.1. The normalized spacial score (nSPS) is 10.5. The molecule has 0 amide bonds. The van der Waals surface area contributed by atoms with Crippen LogP contribution in [0.15, 0.2) is 42.6 Å². The highest BCUT2D eigenvalue weighted by molar-refractivity contribution is 5.62. The van der Waals surface area contributed by atoms with Crippen molar-refractivity contribution in [2.24, 2.45) is 5.73 Å². The van der Waals surface area contributed by atoms with Crippen LogP contribution in [-0.2, 0) is 6.42 Å². The zero-order valence-corrected chi connectivity index (χ0v) is 9.57. The molecule has 1 heterocycles. The Morgan fingerprint density at radius 3 is 2.29 bits per heavy atom. The molecule has 0 radical (unpaired) electrons. The predicted molar refractivity (Wildman–Crippen MR) is 67.0 cm³/mol. The van der Waals surface area contributed by atoms with E-state index in [2.05, 4.69) is 4.98 Å². The Bertz CT molecular complexity index is 463. The van der Waals surface area contributed by atoms with E-state index >= 15 is 0 Å². The first-order valence-electron chi connectivity index (χ1n) is 5.70. The third kappa shape index (κ3) is 3.11. The molecule has 2 aromatic rings. The number of aryl methyl sites for hydroxylation is 1. The summed E-state index contributed by atoms with van der Waals surface area (Å²) >= 11 is 0. The van der Waals surface area contributed by atoms with Gasteiger partial charge in [0.1, 0.15) is 5.82 Å². The molecule has 0 aliphatic carbocycles. The molecule has 0 bridgehead atoms. The molecular weight excluding hydrogens is 215 g/mol. The van der Waals surface area contributed by atoms with Gasteiger partial charge in [0, 0.05) is 17.5 Å². The number of hydrogen-bond acceptors (Lipinski definition) is 2. The third-order valence-corrected chi connectivity index (χ3v) is 2.64. The maximum absolute atomic E-state index is 12.8. The third-order valence-electron chi connectivity index (χ3n) is 2.64. The maximum atomic E-state index is 12.8. The lowest BCUT2D eigenvalue weighted by molar-refractivity contribution is 0.628. The van der Waals surface area contributed by atoms with Gasteiger partial charge >= 0.3 is 0 Å². The van der Waals surface area contributed by atoms with Crippen molar-refractivity contribution in [3.05, 3.63) is 54.1 Å². The molecule has 0 spiro atoms. The van der Waals surface area contributed by atoms with Gasteiger partial charge in [0.05, 0.1) is 0 Å². The van der Waals surface area contributed by atoms with Crippen molar-refractivity contribution >= 4 is 0 Å². The van der Waals surface area contributed by atoms with Gasteiger partial charge in [-0.05, 0) is 43.1 Å². The minimum atomic E-state index is -0.221. The number of nitrogens with zero attached hydrogens (tertiary/aromatic N) is 1. The summed E-state index contributed by atoms with van der Waals surface area (Å²) in [6.45, 7) is 0.682. The van der Waals surface area contributed by atoms with Crippen LogP contribution in [0.1, 0.15) is 12.1 Å². The van der Waals surface area contributed by atoms with E-state index in [9.17, 15) is 4.39 Å². The van der Waals surface area contributed by atoms with Crippen LogP contribution in [0.3, 0.4) is 0 Å². The first-order valence-corrected chi connectivity index (χ1v) is 5.70. The summed E-state index contributed by atoms with van der Waals surface area (Å²) in [4.78, 5) is 4.37. The van der Waals surface area contributed by atoms with Crippen LogP contribution >= 0.6 is 0 Å². The smallest absolute Gasteiger partial charge is 0.123 e. The second kappa shape index (κ2) is 5.55. The molecule has 17 heavy (non-hydrogen) atoms. The summed E-state index contributed by atoms with van der Waals surface area (Å²) < 4.78 is 12.8. The molecule has 88 valence electrons. The Labute approximate surface area is 100 Å². The second-order valence-electron chi connectivity index (χ2n) is 3.94. The summed E-state index contributed by atoms with van der Waals surface area (Å²) in [7, 11) is 0. The van der Waals surface area contributed by atoms with Gasteiger partial charge in [-0.1, -0.05) is 18.2 Å². The van der Waals surface area contributed by atoms with Crippen molar-refractivity contribution in [3.8, 4) is 11.1 Å². The molecule has 0 atom stereocenters. The van der Waals surface area contributed by atoms with E-state index in [-0.39, 0.29) is 5.82 Å². The lowest BCUT2D eigenvalue weighted by Gasteiger charge is -2.03. The average molecular weight is 230 g/mol. The maximum Gasteiger partial charge on any atom is 0.123 e. The van der Waals surface area contributed by atoms with Crippen molar-refractivity contribution in [1.82, 2.24) is 4.98 Å². The van der Waals surface area contributed by atoms with Crippen molar-refractivity contribution < 1.29 is 4.39 Å². The van der Waals surface area contributed by atoms with E-state index < -0.39 is 0 Å². The molecule has 3 heteroatoms. The molecule has 0 saturated carbocycles. The summed E-state index contributed by atoms with van der Waals surface area (Å²) in [6, 6.07) is 10.4. The summed E-state index contributed by atoms with van der Waals surface area (Å²) in [6.07, 6.45) is 3.67. The number of rotatable bonds is 4. The Morgan fingerprint density at radius 1 is 1.00 bits per heavy atom. The largest absolute Gasteiger partial charge is 0.330 e. The van der Waals surface area contributed by atoms with Crippen molar-refractivity contribution in [1.29, 1.82) is 0 Å². The highest BCUT2D eigenvalue weighted by Gasteiger charge is 1.99. The van der Waals surface area contributed by atoms with E-state index in [0.717, 1.165) is 29.7 Å². The Hall–Kier alpha value is -1.74. The lowest BCUT2D eigenvalue weighted by Crippen LogP contribution is -2.01. The van der Waals surface area contributed by atoms with E-state index in [4.69, 9.17) is 5.73 Å². The van der Waals surface area contributed by atoms with E-state index in [0.29, 0.717) is 6.54 Å². The van der Waals surface area contributed by atoms with E-state index in [1.807, 2.05) is 18.3 Å². The van der Waals surface area contributed by atoms with E-state index in [1.54, 1.807) is 12.1 Å². The molecule has 1 aromatic carbocycles. The topological polar surface area (TPSA) is 38.9 Å². The quantitative estimate of drug-likeness (QED) is 0.877. The van der Waals surface area contributed by atoms with Crippen LogP contribution in [0.5, 0.6) is 0 Å². The first-order chi connectivity index (χ1) is 8.29. The number of pyridine rings is 1. The van der Waals surface area contributed by atoms with Crippen LogP contribution < -0.4 is 5.73 Å². The van der Waals surface area contributed by atoms with Crippen LogP contribution in [-0.4, -0.2) is 11.5 Å². The van der Waals surface area contributed by atoms with Crippen LogP contribution in [0.2, 0.25) is 0 Å². The molecule has 0 fully saturated rings. The van der Waals surface area contributed by atoms with Gasteiger partial charge in [0.15, 0.2) is 0 Å². The molecule has 2 N–H and O–H groups in total. The molecule has 0 aliphatic heterocycles. The Balaban J connectivity index is 2.14. The monoisotopic (exact) mass is 230 g/mol.